The summed E-state index contributed by atoms with van der Waals surface area (Å²) in [6.45, 7) is 1.79. The Morgan fingerprint density at radius 2 is 2.35 bits per heavy atom. The molecule has 0 amide bonds. The first-order chi connectivity index (χ1) is 8.13. The number of halogens is 1. The maximum absolute atomic E-state index is 8.71. The van der Waals surface area contributed by atoms with Gasteiger partial charge >= 0.3 is 0 Å². The van der Waals surface area contributed by atoms with Crippen LogP contribution in [0.2, 0.25) is 5.02 Å². The minimum absolute atomic E-state index is 0.00771. The third kappa shape index (κ3) is 2.07. The lowest BCUT2D eigenvalue weighted by Crippen LogP contribution is -2.16. The zero-order valence-electron chi connectivity index (χ0n) is 9.00. The molecule has 0 unspecified atom stereocenters. The molecule has 7 heteroatoms. The Balaban J connectivity index is 2.59. The van der Waals surface area contributed by atoms with Crippen molar-refractivity contribution in [2.75, 3.05) is 0 Å². The Kier molecular flexibility index (Phi) is 2.97. The van der Waals surface area contributed by atoms with Gasteiger partial charge in [-0.1, -0.05) is 16.8 Å². The molecule has 2 heterocycles. The van der Waals surface area contributed by atoms with Crippen molar-refractivity contribution in [1.29, 1.82) is 0 Å². The van der Waals surface area contributed by atoms with Crippen LogP contribution in [0.4, 0.5) is 0 Å². The van der Waals surface area contributed by atoms with Gasteiger partial charge in [0.2, 0.25) is 0 Å². The Hall–Kier alpha value is -2.08. The molecule has 0 atom stereocenters. The standard InChI is InChI=1S/C10H10ClN5O/c1-6-8(11)5-16(14-6)9-4-13-3-2-7(9)10(12)15-17/h2-5,17H,1H3,(H2,12,15). The third-order valence-electron chi connectivity index (χ3n) is 2.27. The number of hydrogen-bond donors (Lipinski definition) is 2. The van der Waals surface area contributed by atoms with E-state index in [2.05, 4.69) is 15.2 Å². The van der Waals surface area contributed by atoms with E-state index < -0.39 is 0 Å². The van der Waals surface area contributed by atoms with Crippen molar-refractivity contribution in [3.8, 4) is 5.69 Å². The molecule has 0 bridgehead atoms. The summed E-state index contributed by atoms with van der Waals surface area (Å²) in [6, 6.07) is 1.63. The van der Waals surface area contributed by atoms with E-state index in [-0.39, 0.29) is 5.84 Å². The number of rotatable bonds is 2. The van der Waals surface area contributed by atoms with Gasteiger partial charge in [-0.05, 0) is 13.0 Å². The van der Waals surface area contributed by atoms with E-state index >= 15 is 0 Å². The summed E-state index contributed by atoms with van der Waals surface area (Å²) in [5.74, 6) is -0.00771. The molecule has 2 aromatic rings. The van der Waals surface area contributed by atoms with E-state index in [1.807, 2.05) is 0 Å². The molecule has 0 fully saturated rings. The van der Waals surface area contributed by atoms with Crippen molar-refractivity contribution in [3.63, 3.8) is 0 Å². The number of aryl methyl sites for hydroxylation is 1. The van der Waals surface area contributed by atoms with Gasteiger partial charge in [0, 0.05) is 18.0 Å². The van der Waals surface area contributed by atoms with Crippen LogP contribution in [0.1, 0.15) is 11.3 Å². The third-order valence-corrected chi connectivity index (χ3v) is 2.64. The first-order valence-corrected chi connectivity index (χ1v) is 5.15. The summed E-state index contributed by atoms with van der Waals surface area (Å²) >= 11 is 5.93. The van der Waals surface area contributed by atoms with Crippen molar-refractivity contribution < 1.29 is 5.21 Å². The molecule has 0 aliphatic heterocycles. The summed E-state index contributed by atoms with van der Waals surface area (Å²) in [6.07, 6.45) is 4.76. The topological polar surface area (TPSA) is 89.3 Å². The Bertz CT molecular complexity index is 558. The molecule has 6 nitrogen and oxygen atoms in total. The van der Waals surface area contributed by atoms with Crippen LogP contribution in [0.15, 0.2) is 29.8 Å². The van der Waals surface area contributed by atoms with Crippen molar-refractivity contribution in [2.45, 2.75) is 6.92 Å². The Morgan fingerprint density at radius 1 is 1.59 bits per heavy atom. The first-order valence-electron chi connectivity index (χ1n) is 4.77. The maximum atomic E-state index is 8.71. The predicted molar refractivity (Wildman–Crippen MR) is 63.6 cm³/mol. The van der Waals surface area contributed by atoms with Crippen LogP contribution < -0.4 is 5.73 Å². The van der Waals surface area contributed by atoms with Crippen LogP contribution in [0, 0.1) is 6.92 Å². The zero-order chi connectivity index (χ0) is 12.4. The second kappa shape index (κ2) is 4.42. The first kappa shape index (κ1) is 11.4. The number of oxime groups is 1. The van der Waals surface area contributed by atoms with Gasteiger partial charge < -0.3 is 10.9 Å². The second-order valence-corrected chi connectivity index (χ2v) is 3.79. The van der Waals surface area contributed by atoms with E-state index in [1.54, 1.807) is 31.6 Å². The average Bonchev–Trinajstić information content (AvgIpc) is 2.68. The summed E-state index contributed by atoms with van der Waals surface area (Å²) in [5, 5.41) is 16.4. The normalized spacial score (nSPS) is 11.8. The lowest BCUT2D eigenvalue weighted by molar-refractivity contribution is 0.318. The molecule has 0 spiro atoms. The monoisotopic (exact) mass is 251 g/mol. The molecule has 17 heavy (non-hydrogen) atoms. The average molecular weight is 252 g/mol. The number of aromatic nitrogens is 3. The fourth-order valence-corrected chi connectivity index (χ4v) is 1.53. The number of nitrogens with zero attached hydrogens (tertiary/aromatic N) is 4. The lowest BCUT2D eigenvalue weighted by atomic mass is 10.2. The van der Waals surface area contributed by atoms with Gasteiger partial charge in [-0.15, -0.1) is 0 Å². The van der Waals surface area contributed by atoms with Gasteiger partial charge in [0.05, 0.1) is 22.6 Å². The van der Waals surface area contributed by atoms with Gasteiger partial charge in [-0.3, -0.25) is 4.98 Å². The SMILES string of the molecule is Cc1nn(-c2cnccc2/C(N)=N/O)cc1Cl. The summed E-state index contributed by atoms with van der Waals surface area (Å²) in [4.78, 5) is 3.98. The van der Waals surface area contributed by atoms with Crippen molar-refractivity contribution >= 4 is 17.4 Å². The highest BCUT2D eigenvalue weighted by Crippen LogP contribution is 2.18. The van der Waals surface area contributed by atoms with E-state index in [1.165, 1.54) is 4.68 Å². The molecule has 2 rings (SSSR count). The fraction of sp³-hybridized carbons (Fsp3) is 0.100. The summed E-state index contributed by atoms with van der Waals surface area (Å²) in [7, 11) is 0. The smallest absolute Gasteiger partial charge is 0.172 e. The van der Waals surface area contributed by atoms with Crippen molar-refractivity contribution in [3.05, 3.63) is 40.9 Å². The van der Waals surface area contributed by atoms with Gasteiger partial charge in [0.15, 0.2) is 5.84 Å². The van der Waals surface area contributed by atoms with Crippen LogP contribution in [-0.4, -0.2) is 25.8 Å². The van der Waals surface area contributed by atoms with E-state index in [0.29, 0.717) is 22.0 Å². The molecule has 0 saturated heterocycles. The molecule has 0 aliphatic rings. The molecule has 0 radical (unpaired) electrons. The van der Waals surface area contributed by atoms with Crippen molar-refractivity contribution in [1.82, 2.24) is 14.8 Å². The summed E-state index contributed by atoms with van der Waals surface area (Å²) < 4.78 is 1.54. The minimum Gasteiger partial charge on any atom is -0.409 e. The molecule has 0 aromatic carbocycles. The van der Waals surface area contributed by atoms with Gasteiger partial charge in [-0.25, -0.2) is 4.68 Å². The fourth-order valence-electron chi connectivity index (χ4n) is 1.40. The van der Waals surface area contributed by atoms with Crippen LogP contribution in [-0.2, 0) is 0 Å². The highest BCUT2D eigenvalue weighted by molar-refractivity contribution is 6.31. The lowest BCUT2D eigenvalue weighted by Gasteiger charge is -2.06. The molecule has 3 N–H and O–H groups in total. The zero-order valence-corrected chi connectivity index (χ0v) is 9.76. The number of nitrogens with two attached hydrogens (primary N) is 1. The molecule has 0 saturated carbocycles. The van der Waals surface area contributed by atoms with Crippen molar-refractivity contribution in [2.24, 2.45) is 10.9 Å². The van der Waals surface area contributed by atoms with Crippen LogP contribution in [0.25, 0.3) is 5.69 Å². The Labute approximate surface area is 102 Å². The number of pyridine rings is 1. The molecular weight excluding hydrogens is 242 g/mol. The number of amidine groups is 1. The van der Waals surface area contributed by atoms with E-state index in [9.17, 15) is 0 Å². The minimum atomic E-state index is -0.00771. The molecule has 88 valence electrons. The predicted octanol–water partition coefficient (Wildman–Crippen LogP) is 1.32. The van der Waals surface area contributed by atoms with E-state index in [0.717, 1.165) is 0 Å². The summed E-state index contributed by atoms with van der Waals surface area (Å²) in [5.41, 5.74) is 7.40. The highest BCUT2D eigenvalue weighted by atomic mass is 35.5. The van der Waals surface area contributed by atoms with Gasteiger partial charge in [0.1, 0.15) is 0 Å². The van der Waals surface area contributed by atoms with Crippen LogP contribution in [0.5, 0.6) is 0 Å². The van der Waals surface area contributed by atoms with Gasteiger partial charge in [0.25, 0.3) is 0 Å². The van der Waals surface area contributed by atoms with Crippen LogP contribution >= 0.6 is 11.6 Å². The maximum Gasteiger partial charge on any atom is 0.172 e. The van der Waals surface area contributed by atoms with E-state index in [4.69, 9.17) is 22.5 Å². The van der Waals surface area contributed by atoms with Gasteiger partial charge in [-0.2, -0.15) is 5.10 Å². The molecule has 2 aromatic heterocycles. The molecular formula is C10H10ClN5O. The van der Waals surface area contributed by atoms with Crippen LogP contribution in [0.3, 0.4) is 0 Å². The second-order valence-electron chi connectivity index (χ2n) is 3.39. The quantitative estimate of drug-likeness (QED) is 0.365. The Morgan fingerprint density at radius 3 is 2.94 bits per heavy atom. The largest absolute Gasteiger partial charge is 0.409 e. The highest BCUT2D eigenvalue weighted by Gasteiger charge is 2.11. The molecule has 0 aliphatic carbocycles. The number of hydrogen-bond acceptors (Lipinski definition) is 4.